The van der Waals surface area contributed by atoms with Gasteiger partial charge in [-0.15, -0.1) is 0 Å². The van der Waals surface area contributed by atoms with Crippen molar-refractivity contribution in [3.8, 4) is 0 Å². The Labute approximate surface area is 171 Å². The minimum atomic E-state index is -0.591. The molecule has 9 nitrogen and oxygen atoms in total. The van der Waals surface area contributed by atoms with Gasteiger partial charge in [0.25, 0.3) is 5.56 Å². The van der Waals surface area contributed by atoms with E-state index in [1.165, 1.54) is 16.6 Å². The molecule has 0 unspecified atom stereocenters. The first-order chi connectivity index (χ1) is 13.9. The van der Waals surface area contributed by atoms with Crippen LogP contribution in [-0.4, -0.2) is 64.7 Å². The van der Waals surface area contributed by atoms with Crippen molar-refractivity contribution in [3.63, 3.8) is 0 Å². The summed E-state index contributed by atoms with van der Waals surface area (Å²) in [7, 11) is 2.78. The van der Waals surface area contributed by atoms with Gasteiger partial charge in [-0.3, -0.25) is 23.7 Å². The first-order valence-corrected chi connectivity index (χ1v) is 10.1. The molecule has 0 spiro atoms. The number of likely N-dealkylation sites (N-methyl/N-ethyl adjacent to an activating group) is 1. The second-order valence-electron chi connectivity index (χ2n) is 6.76. The van der Waals surface area contributed by atoms with Crippen molar-refractivity contribution in [3.05, 3.63) is 34.6 Å². The van der Waals surface area contributed by atoms with Crippen molar-refractivity contribution >= 4 is 40.4 Å². The molecule has 1 heterocycles. The molecule has 10 heteroatoms. The fraction of sp³-hybridized carbons (Fsp3) is 0.421. The Kier molecular flexibility index (Phi) is 6.53. The number of ether oxygens (including phenoxy) is 1. The highest BCUT2D eigenvalue weighted by molar-refractivity contribution is 7.99. The molecule has 1 aromatic carbocycles. The van der Waals surface area contributed by atoms with Crippen molar-refractivity contribution in [1.82, 2.24) is 19.8 Å². The largest absolute Gasteiger partial charge is 0.468 e. The van der Waals surface area contributed by atoms with Gasteiger partial charge >= 0.3 is 5.97 Å². The maximum Gasteiger partial charge on any atom is 0.325 e. The molecule has 2 aromatic rings. The van der Waals surface area contributed by atoms with E-state index < -0.39 is 5.97 Å². The molecule has 3 rings (SSSR count). The summed E-state index contributed by atoms with van der Waals surface area (Å²) in [4.78, 5) is 54.6. The quantitative estimate of drug-likeness (QED) is 0.375. The van der Waals surface area contributed by atoms with E-state index >= 15 is 0 Å². The van der Waals surface area contributed by atoms with Gasteiger partial charge in [0.15, 0.2) is 5.16 Å². The molecule has 1 aliphatic carbocycles. The minimum absolute atomic E-state index is 0.0286. The van der Waals surface area contributed by atoms with E-state index in [2.05, 4.69) is 15.0 Å². The van der Waals surface area contributed by atoms with Gasteiger partial charge in [0.05, 0.1) is 30.3 Å². The first-order valence-electron chi connectivity index (χ1n) is 9.11. The predicted molar refractivity (Wildman–Crippen MR) is 108 cm³/mol. The number of hydrogen-bond acceptors (Lipinski definition) is 7. The highest BCUT2D eigenvalue weighted by Gasteiger charge is 2.24. The van der Waals surface area contributed by atoms with Crippen LogP contribution in [0.15, 0.2) is 34.2 Å². The lowest BCUT2D eigenvalue weighted by molar-refractivity contribution is -0.141. The zero-order valence-electron chi connectivity index (χ0n) is 16.2. The summed E-state index contributed by atoms with van der Waals surface area (Å²) in [5.41, 5.74) is 0.0962. The van der Waals surface area contributed by atoms with Crippen LogP contribution < -0.4 is 10.9 Å². The summed E-state index contributed by atoms with van der Waals surface area (Å²) in [6, 6.07) is 7.02. The average molecular weight is 418 g/mol. The van der Waals surface area contributed by atoms with Gasteiger partial charge in [0, 0.05) is 13.1 Å². The number of esters is 1. The summed E-state index contributed by atoms with van der Waals surface area (Å²) in [6.07, 6.45) is 1.95. The van der Waals surface area contributed by atoms with E-state index in [0.29, 0.717) is 10.9 Å². The average Bonchev–Trinajstić information content (AvgIpc) is 3.52. The molecule has 0 saturated heterocycles. The molecule has 0 aliphatic heterocycles. The van der Waals surface area contributed by atoms with Gasteiger partial charge in [-0.05, 0) is 25.0 Å². The number of nitrogens with zero attached hydrogens (tertiary/aromatic N) is 3. The molecule has 1 fully saturated rings. The van der Waals surface area contributed by atoms with Gasteiger partial charge in [0.1, 0.15) is 6.54 Å². The summed E-state index contributed by atoms with van der Waals surface area (Å²) in [5, 5.41) is 3.44. The van der Waals surface area contributed by atoms with E-state index in [1.54, 1.807) is 31.3 Å². The Balaban J connectivity index is 1.74. The van der Waals surface area contributed by atoms with Crippen molar-refractivity contribution < 1.29 is 19.1 Å². The SMILES string of the molecule is COC(=O)Cn1c(SCC(=O)N(C)CC(=O)NC2CC2)nc2ccccc2c1=O. The standard InChI is InChI=1S/C19H22N4O5S/c1-22(9-15(24)20-12-7-8-12)16(25)11-29-19-21-14-6-4-3-5-13(14)18(27)23(19)10-17(26)28-2/h3-6,12H,7-11H2,1-2H3,(H,20,24). The fourth-order valence-corrected chi connectivity index (χ4v) is 3.57. The third-order valence-electron chi connectivity index (χ3n) is 4.42. The van der Waals surface area contributed by atoms with Crippen LogP contribution in [0.1, 0.15) is 12.8 Å². The van der Waals surface area contributed by atoms with E-state index in [4.69, 9.17) is 0 Å². The van der Waals surface area contributed by atoms with Gasteiger partial charge in [-0.1, -0.05) is 23.9 Å². The molecule has 1 aliphatic rings. The number of carbonyl (C=O) groups is 3. The Morgan fingerprint density at radius 3 is 2.72 bits per heavy atom. The molecular weight excluding hydrogens is 396 g/mol. The molecule has 1 aromatic heterocycles. The van der Waals surface area contributed by atoms with Crippen molar-refractivity contribution in [2.24, 2.45) is 0 Å². The van der Waals surface area contributed by atoms with Crippen LogP contribution >= 0.6 is 11.8 Å². The molecule has 29 heavy (non-hydrogen) atoms. The molecule has 1 saturated carbocycles. The topological polar surface area (TPSA) is 111 Å². The first kappa shape index (κ1) is 20.8. The lowest BCUT2D eigenvalue weighted by Gasteiger charge is -2.17. The number of para-hydroxylation sites is 1. The maximum absolute atomic E-state index is 12.8. The summed E-state index contributed by atoms with van der Waals surface area (Å²) < 4.78 is 5.87. The third-order valence-corrected chi connectivity index (χ3v) is 5.38. The van der Waals surface area contributed by atoms with E-state index in [-0.39, 0.29) is 47.4 Å². The lowest BCUT2D eigenvalue weighted by atomic mass is 10.2. The number of carbonyl (C=O) groups excluding carboxylic acids is 3. The van der Waals surface area contributed by atoms with Crippen LogP contribution in [0.2, 0.25) is 0 Å². The number of hydrogen-bond donors (Lipinski definition) is 1. The Morgan fingerprint density at radius 1 is 1.31 bits per heavy atom. The van der Waals surface area contributed by atoms with Crippen LogP contribution in [-0.2, 0) is 25.7 Å². The Morgan fingerprint density at radius 2 is 2.03 bits per heavy atom. The van der Waals surface area contributed by atoms with E-state index in [0.717, 1.165) is 24.6 Å². The zero-order valence-corrected chi connectivity index (χ0v) is 17.0. The summed E-state index contributed by atoms with van der Waals surface area (Å²) in [6.45, 7) is -0.334. The summed E-state index contributed by atoms with van der Waals surface area (Å²) in [5.74, 6) is -1.10. The van der Waals surface area contributed by atoms with Crippen LogP contribution in [0.25, 0.3) is 10.9 Å². The lowest BCUT2D eigenvalue weighted by Crippen LogP contribution is -2.40. The van der Waals surface area contributed by atoms with Gasteiger partial charge in [-0.2, -0.15) is 0 Å². The molecule has 0 atom stereocenters. The monoisotopic (exact) mass is 418 g/mol. The number of benzene rings is 1. The number of methoxy groups -OCH3 is 1. The smallest absolute Gasteiger partial charge is 0.325 e. The Hall–Kier alpha value is -2.88. The number of thioether (sulfide) groups is 1. The minimum Gasteiger partial charge on any atom is -0.468 e. The highest BCUT2D eigenvalue weighted by atomic mass is 32.2. The van der Waals surface area contributed by atoms with E-state index in [9.17, 15) is 19.2 Å². The number of fused-ring (bicyclic) bond motifs is 1. The van der Waals surface area contributed by atoms with E-state index in [1.807, 2.05) is 0 Å². The highest BCUT2D eigenvalue weighted by Crippen LogP contribution is 2.19. The molecule has 2 amide bonds. The molecule has 1 N–H and O–H groups in total. The van der Waals surface area contributed by atoms with Gasteiger partial charge < -0.3 is 15.0 Å². The number of rotatable bonds is 8. The van der Waals surface area contributed by atoms with Crippen LogP contribution in [0, 0.1) is 0 Å². The number of amides is 2. The zero-order chi connectivity index (χ0) is 21.0. The molecule has 0 radical (unpaired) electrons. The number of nitrogens with one attached hydrogen (secondary N) is 1. The van der Waals surface area contributed by atoms with Crippen LogP contribution in [0.3, 0.4) is 0 Å². The molecule has 154 valence electrons. The van der Waals surface area contributed by atoms with Gasteiger partial charge in [0.2, 0.25) is 11.8 Å². The predicted octanol–water partition coefficient (Wildman–Crippen LogP) is 0.399. The van der Waals surface area contributed by atoms with Crippen LogP contribution in [0.5, 0.6) is 0 Å². The molecule has 0 bridgehead atoms. The second-order valence-corrected chi connectivity index (χ2v) is 7.70. The maximum atomic E-state index is 12.8. The number of aromatic nitrogens is 2. The van der Waals surface area contributed by atoms with Crippen molar-refractivity contribution in [1.29, 1.82) is 0 Å². The fourth-order valence-electron chi connectivity index (χ4n) is 2.63. The van der Waals surface area contributed by atoms with Crippen molar-refractivity contribution in [2.75, 3.05) is 26.5 Å². The summed E-state index contributed by atoms with van der Waals surface area (Å²) >= 11 is 1.04. The van der Waals surface area contributed by atoms with Gasteiger partial charge in [-0.25, -0.2) is 4.98 Å². The van der Waals surface area contributed by atoms with Crippen LogP contribution in [0.4, 0.5) is 0 Å². The third kappa shape index (κ3) is 5.35. The second kappa shape index (κ2) is 9.08. The molecular formula is C19H22N4O5S. The van der Waals surface area contributed by atoms with Crippen molar-refractivity contribution in [2.45, 2.75) is 30.6 Å². The Bertz CT molecular complexity index is 1000. The normalized spacial score (nSPS) is 13.2.